The van der Waals surface area contributed by atoms with E-state index >= 15 is 0 Å². The molecule has 4 nitrogen and oxygen atoms in total. The average Bonchev–Trinajstić information content (AvgIpc) is 2.79. The van der Waals surface area contributed by atoms with Crippen molar-refractivity contribution in [3.05, 3.63) is 19.8 Å². The number of nitrogens with zero attached hydrogens (tertiary/aromatic N) is 2. The monoisotopic (exact) mass is 428 g/mol. The second kappa shape index (κ2) is 8.07. The molecule has 0 radical (unpaired) electrons. The normalized spacial score (nSPS) is 26.2. The summed E-state index contributed by atoms with van der Waals surface area (Å²) in [6, 6.07) is 0. The number of halogens is 1. The minimum Gasteiger partial charge on any atom is -0.373 e. The second-order valence-corrected chi connectivity index (χ2v) is 10.2. The van der Waals surface area contributed by atoms with E-state index in [1.807, 2.05) is 4.90 Å². The van der Waals surface area contributed by atoms with Crippen LogP contribution in [0.15, 0.2) is 3.79 Å². The Labute approximate surface area is 163 Å². The molecule has 140 valence electrons. The highest BCUT2D eigenvalue weighted by molar-refractivity contribution is 9.11. The van der Waals surface area contributed by atoms with E-state index in [0.717, 1.165) is 60.5 Å². The molecule has 2 aliphatic heterocycles. The maximum atomic E-state index is 12.9. The third-order valence-electron chi connectivity index (χ3n) is 5.47. The summed E-state index contributed by atoms with van der Waals surface area (Å²) < 4.78 is 6.81. The Kier molecular flexibility index (Phi) is 6.24. The molecule has 0 N–H and O–H groups in total. The Morgan fingerprint density at radius 1 is 1.20 bits per heavy atom. The van der Waals surface area contributed by atoms with Crippen LogP contribution in [0.4, 0.5) is 0 Å². The lowest BCUT2D eigenvalue weighted by atomic mass is 9.95. The maximum Gasteiger partial charge on any atom is 0.256 e. The summed E-state index contributed by atoms with van der Waals surface area (Å²) in [5.74, 6) is 0.885. The Hall–Kier alpha value is -0.430. The van der Waals surface area contributed by atoms with Crippen LogP contribution in [-0.2, 0) is 4.74 Å². The fourth-order valence-corrected chi connectivity index (χ4v) is 6.17. The quantitative estimate of drug-likeness (QED) is 0.726. The highest BCUT2D eigenvalue weighted by atomic mass is 79.9. The number of piperidine rings is 1. The molecule has 2 aliphatic rings. The molecule has 0 spiro atoms. The lowest BCUT2D eigenvalue weighted by molar-refractivity contribution is -0.0728. The smallest absolute Gasteiger partial charge is 0.256 e. The molecule has 0 aromatic carbocycles. The predicted octanol–water partition coefficient (Wildman–Crippen LogP) is 4.09. The van der Waals surface area contributed by atoms with Gasteiger partial charge in [0.2, 0.25) is 0 Å². The Morgan fingerprint density at radius 2 is 1.80 bits per heavy atom. The highest BCUT2D eigenvalue weighted by Gasteiger charge is 2.30. The molecule has 3 heterocycles. The molecule has 3 rings (SSSR count). The summed E-state index contributed by atoms with van der Waals surface area (Å²) >= 11 is 5.24. The zero-order valence-electron chi connectivity index (χ0n) is 15.7. The number of thiophene rings is 1. The molecule has 1 aromatic rings. The first-order chi connectivity index (χ1) is 11.8. The number of carbonyl (C=O) groups excluding carboxylic acids is 1. The Balaban J connectivity index is 1.54. The van der Waals surface area contributed by atoms with Crippen LogP contribution in [0.3, 0.4) is 0 Å². The van der Waals surface area contributed by atoms with Crippen LogP contribution in [0.5, 0.6) is 0 Å². The van der Waals surface area contributed by atoms with E-state index < -0.39 is 0 Å². The molecular weight excluding hydrogens is 400 g/mol. The van der Waals surface area contributed by atoms with Crippen molar-refractivity contribution in [1.29, 1.82) is 0 Å². The van der Waals surface area contributed by atoms with E-state index in [1.54, 1.807) is 11.3 Å². The summed E-state index contributed by atoms with van der Waals surface area (Å²) in [4.78, 5) is 18.7. The van der Waals surface area contributed by atoms with Crippen LogP contribution in [-0.4, -0.2) is 60.6 Å². The highest BCUT2D eigenvalue weighted by Crippen LogP contribution is 2.34. The van der Waals surface area contributed by atoms with E-state index in [-0.39, 0.29) is 5.91 Å². The molecule has 25 heavy (non-hydrogen) atoms. The van der Waals surface area contributed by atoms with Gasteiger partial charge in [-0.1, -0.05) is 0 Å². The van der Waals surface area contributed by atoms with Crippen molar-refractivity contribution in [2.75, 3.05) is 32.7 Å². The summed E-state index contributed by atoms with van der Waals surface area (Å²) in [5, 5.41) is 0. The molecule has 0 saturated carbocycles. The Morgan fingerprint density at radius 3 is 2.32 bits per heavy atom. The summed E-state index contributed by atoms with van der Waals surface area (Å²) in [6.07, 6.45) is 2.86. The van der Waals surface area contributed by atoms with Gasteiger partial charge >= 0.3 is 0 Å². The lowest BCUT2D eigenvalue weighted by Gasteiger charge is -2.39. The van der Waals surface area contributed by atoms with Crippen molar-refractivity contribution >= 4 is 33.2 Å². The third kappa shape index (κ3) is 4.46. The zero-order valence-corrected chi connectivity index (χ0v) is 18.1. The fraction of sp³-hybridized carbons (Fsp3) is 0.737. The van der Waals surface area contributed by atoms with Crippen molar-refractivity contribution < 1.29 is 9.53 Å². The van der Waals surface area contributed by atoms with E-state index in [9.17, 15) is 4.79 Å². The minimum absolute atomic E-state index is 0.195. The van der Waals surface area contributed by atoms with Crippen LogP contribution in [0, 0.1) is 19.8 Å². The molecule has 2 atom stereocenters. The number of hydrogen-bond donors (Lipinski definition) is 0. The van der Waals surface area contributed by atoms with Crippen molar-refractivity contribution in [2.24, 2.45) is 5.92 Å². The standard InChI is InChI=1S/C19H29BrN2O2S/c1-12-9-21(10-13(2)24-12)11-16-5-7-22(8-6-16)19(23)17-14(3)15(4)25-18(17)20/h12-13,16H,5-11H2,1-4H3/t12-,13-/m1/s1. The molecule has 0 bridgehead atoms. The molecule has 2 fully saturated rings. The Bertz CT molecular complexity index is 615. The number of aryl methyl sites for hydroxylation is 1. The number of amides is 1. The summed E-state index contributed by atoms with van der Waals surface area (Å²) in [6.45, 7) is 13.4. The van der Waals surface area contributed by atoms with E-state index in [0.29, 0.717) is 18.1 Å². The summed E-state index contributed by atoms with van der Waals surface area (Å²) in [5.41, 5.74) is 2.00. The first-order valence-electron chi connectivity index (χ1n) is 9.27. The summed E-state index contributed by atoms with van der Waals surface area (Å²) in [7, 11) is 0. The third-order valence-corrected chi connectivity index (χ3v) is 7.35. The van der Waals surface area contributed by atoms with Gasteiger partial charge in [0, 0.05) is 37.6 Å². The van der Waals surface area contributed by atoms with Gasteiger partial charge in [0.05, 0.1) is 21.6 Å². The molecule has 0 aliphatic carbocycles. The van der Waals surface area contributed by atoms with Gasteiger partial charge < -0.3 is 9.64 Å². The first-order valence-corrected chi connectivity index (χ1v) is 10.9. The fourth-order valence-electron chi connectivity index (χ4n) is 4.11. The number of ether oxygens (including phenoxy) is 1. The van der Waals surface area contributed by atoms with E-state index in [4.69, 9.17) is 4.74 Å². The van der Waals surface area contributed by atoms with Gasteiger partial charge in [0.25, 0.3) is 5.91 Å². The molecule has 6 heteroatoms. The first kappa shape index (κ1) is 19.3. The van der Waals surface area contributed by atoms with Gasteiger partial charge in [-0.3, -0.25) is 9.69 Å². The number of likely N-dealkylation sites (tertiary alicyclic amines) is 1. The average molecular weight is 429 g/mol. The topological polar surface area (TPSA) is 32.8 Å². The molecule has 1 amide bonds. The number of carbonyl (C=O) groups is 1. The van der Waals surface area contributed by atoms with E-state index in [1.165, 1.54) is 4.88 Å². The van der Waals surface area contributed by atoms with Crippen LogP contribution in [0.1, 0.15) is 47.5 Å². The van der Waals surface area contributed by atoms with E-state index in [2.05, 4.69) is 48.5 Å². The van der Waals surface area contributed by atoms with Gasteiger partial charge in [0.15, 0.2) is 0 Å². The van der Waals surface area contributed by atoms with Gasteiger partial charge in [-0.15, -0.1) is 11.3 Å². The van der Waals surface area contributed by atoms with Gasteiger partial charge in [0.1, 0.15) is 0 Å². The van der Waals surface area contributed by atoms with Gasteiger partial charge in [-0.25, -0.2) is 0 Å². The van der Waals surface area contributed by atoms with Crippen LogP contribution < -0.4 is 0 Å². The van der Waals surface area contributed by atoms with Crippen molar-refractivity contribution in [3.8, 4) is 0 Å². The van der Waals surface area contributed by atoms with Crippen molar-refractivity contribution in [2.45, 2.75) is 52.7 Å². The van der Waals surface area contributed by atoms with Crippen molar-refractivity contribution in [3.63, 3.8) is 0 Å². The number of morpholine rings is 1. The SMILES string of the molecule is Cc1sc(Br)c(C(=O)N2CCC(CN3C[C@@H](C)O[C@H](C)C3)CC2)c1C. The molecule has 1 aromatic heterocycles. The molecular formula is C19H29BrN2O2S. The predicted molar refractivity (Wildman–Crippen MR) is 107 cm³/mol. The second-order valence-electron chi connectivity index (χ2n) is 7.64. The molecule has 0 unspecified atom stereocenters. The number of hydrogen-bond acceptors (Lipinski definition) is 4. The van der Waals surface area contributed by atoms with Crippen LogP contribution >= 0.6 is 27.3 Å². The zero-order chi connectivity index (χ0) is 18.1. The molecule has 2 saturated heterocycles. The van der Waals surface area contributed by atoms with Gasteiger partial charge in [-0.05, 0) is 67.9 Å². The van der Waals surface area contributed by atoms with Crippen LogP contribution in [0.25, 0.3) is 0 Å². The minimum atomic E-state index is 0.195. The van der Waals surface area contributed by atoms with Crippen molar-refractivity contribution in [1.82, 2.24) is 9.80 Å². The van der Waals surface area contributed by atoms with Crippen LogP contribution in [0.2, 0.25) is 0 Å². The van der Waals surface area contributed by atoms with Gasteiger partial charge in [-0.2, -0.15) is 0 Å². The number of rotatable bonds is 3. The maximum absolute atomic E-state index is 12.9. The lowest BCUT2D eigenvalue weighted by Crippen LogP contribution is -2.48. The largest absolute Gasteiger partial charge is 0.373 e.